The van der Waals surface area contributed by atoms with Crippen LogP contribution in [0.4, 0.5) is 0 Å². The summed E-state index contributed by atoms with van der Waals surface area (Å²) < 4.78 is 0. The van der Waals surface area contributed by atoms with Gasteiger partial charge in [0.05, 0.1) is 5.41 Å². The van der Waals surface area contributed by atoms with Crippen LogP contribution in [0.5, 0.6) is 0 Å². The van der Waals surface area contributed by atoms with E-state index in [-0.39, 0.29) is 30.2 Å². The maximum Gasteiger partial charge on any atom is 0.230 e. The molecule has 2 aliphatic carbocycles. The summed E-state index contributed by atoms with van der Waals surface area (Å²) in [6.07, 6.45) is 10.5. The molecule has 0 bridgehead atoms. The van der Waals surface area contributed by atoms with Crippen LogP contribution in [0.2, 0.25) is 0 Å². The fourth-order valence-electron chi connectivity index (χ4n) is 5.54. The fourth-order valence-corrected chi connectivity index (χ4v) is 5.54. The van der Waals surface area contributed by atoms with E-state index < -0.39 is 0 Å². The molecule has 0 spiro atoms. The van der Waals surface area contributed by atoms with Crippen molar-refractivity contribution < 1.29 is 4.79 Å². The van der Waals surface area contributed by atoms with Gasteiger partial charge in [-0.3, -0.25) is 9.69 Å². The lowest BCUT2D eigenvalue weighted by Gasteiger charge is -2.44. The number of hydrogen-bond donors (Lipinski definition) is 1. The van der Waals surface area contributed by atoms with Crippen molar-refractivity contribution in [1.82, 2.24) is 15.1 Å². The highest BCUT2D eigenvalue weighted by Crippen LogP contribution is 2.45. The average Bonchev–Trinajstić information content (AvgIpc) is 3.24. The summed E-state index contributed by atoms with van der Waals surface area (Å²) in [7, 11) is 0. The number of carbonyl (C=O) groups is 1. The molecule has 0 aromatic carbocycles. The molecule has 0 radical (unpaired) electrons. The van der Waals surface area contributed by atoms with Crippen LogP contribution in [-0.2, 0) is 4.79 Å². The molecule has 4 aliphatic rings. The normalized spacial score (nSPS) is 34.3. The van der Waals surface area contributed by atoms with Crippen LogP contribution in [0.25, 0.3) is 0 Å². The van der Waals surface area contributed by atoms with Crippen LogP contribution < -0.4 is 5.32 Å². The molecular formula is C18H33Cl2N3O. The molecule has 0 unspecified atom stereocenters. The summed E-state index contributed by atoms with van der Waals surface area (Å²) in [5.41, 5.74) is -0.0478. The molecule has 0 aromatic heterocycles. The second kappa shape index (κ2) is 8.57. The molecule has 1 N–H and O–H groups in total. The van der Waals surface area contributed by atoms with E-state index in [1.807, 2.05) is 0 Å². The Morgan fingerprint density at radius 2 is 1.58 bits per heavy atom. The van der Waals surface area contributed by atoms with Crippen molar-refractivity contribution in [2.45, 2.75) is 57.4 Å². The van der Waals surface area contributed by atoms with Crippen LogP contribution in [0.15, 0.2) is 0 Å². The molecule has 1 amide bonds. The van der Waals surface area contributed by atoms with Crippen LogP contribution >= 0.6 is 24.8 Å². The van der Waals surface area contributed by atoms with E-state index in [4.69, 9.17) is 0 Å². The number of halogens is 2. The molecule has 140 valence electrons. The van der Waals surface area contributed by atoms with Crippen LogP contribution in [0, 0.1) is 11.3 Å². The van der Waals surface area contributed by atoms with Crippen molar-refractivity contribution >= 4 is 30.7 Å². The van der Waals surface area contributed by atoms with Gasteiger partial charge in [0.15, 0.2) is 0 Å². The maximum atomic E-state index is 13.3. The largest absolute Gasteiger partial charge is 0.340 e. The van der Waals surface area contributed by atoms with Crippen LogP contribution in [-0.4, -0.2) is 61.0 Å². The quantitative estimate of drug-likeness (QED) is 0.803. The lowest BCUT2D eigenvalue weighted by Crippen LogP contribution is -2.57. The van der Waals surface area contributed by atoms with E-state index in [1.54, 1.807) is 0 Å². The van der Waals surface area contributed by atoms with E-state index in [2.05, 4.69) is 15.1 Å². The van der Waals surface area contributed by atoms with Crippen molar-refractivity contribution in [2.75, 3.05) is 39.3 Å². The number of fused-ring (bicyclic) bond motifs is 1. The molecule has 2 saturated carbocycles. The molecular weight excluding hydrogens is 345 g/mol. The number of nitrogens with one attached hydrogen (secondary N) is 1. The zero-order valence-electron chi connectivity index (χ0n) is 14.7. The summed E-state index contributed by atoms with van der Waals surface area (Å²) >= 11 is 0. The van der Waals surface area contributed by atoms with Gasteiger partial charge in [-0.05, 0) is 38.1 Å². The molecule has 2 saturated heterocycles. The minimum Gasteiger partial charge on any atom is -0.340 e. The summed E-state index contributed by atoms with van der Waals surface area (Å²) in [6, 6.07) is 0.811. The third-order valence-electron chi connectivity index (χ3n) is 6.91. The Morgan fingerprint density at radius 3 is 2.29 bits per heavy atom. The number of hydrogen-bond acceptors (Lipinski definition) is 3. The number of piperazine rings is 1. The first-order valence-corrected chi connectivity index (χ1v) is 9.54. The van der Waals surface area contributed by atoms with Gasteiger partial charge < -0.3 is 10.2 Å². The molecule has 2 aliphatic heterocycles. The predicted molar refractivity (Wildman–Crippen MR) is 102 cm³/mol. The third-order valence-corrected chi connectivity index (χ3v) is 6.91. The van der Waals surface area contributed by atoms with Crippen molar-refractivity contribution in [3.63, 3.8) is 0 Å². The van der Waals surface area contributed by atoms with Crippen molar-refractivity contribution in [1.29, 1.82) is 0 Å². The van der Waals surface area contributed by atoms with E-state index in [0.717, 1.165) is 51.7 Å². The predicted octanol–water partition coefficient (Wildman–Crippen LogP) is 2.70. The molecule has 0 aromatic rings. The molecule has 4 fully saturated rings. The van der Waals surface area contributed by atoms with Gasteiger partial charge in [0.2, 0.25) is 5.91 Å². The Morgan fingerprint density at radius 1 is 0.917 bits per heavy atom. The second-order valence-corrected chi connectivity index (χ2v) is 8.00. The number of carbonyl (C=O) groups excluding carboxylic acids is 1. The summed E-state index contributed by atoms with van der Waals surface area (Å²) in [4.78, 5) is 18.1. The standard InChI is InChI=1S/C18H31N3O.2ClH/c22-17(18-8-4-3-5-15(18)13-19-14-18)21-11-9-20(10-12-21)16-6-1-2-7-16;;/h15-16,19H,1-14H2;2*1H/t15-,18+;;/m0../s1. The van der Waals surface area contributed by atoms with E-state index in [1.165, 1.54) is 44.9 Å². The Balaban J connectivity index is 0.00000104. The highest BCUT2D eigenvalue weighted by atomic mass is 35.5. The first-order valence-electron chi connectivity index (χ1n) is 9.54. The molecule has 2 atom stereocenters. The molecule has 4 nitrogen and oxygen atoms in total. The van der Waals surface area contributed by atoms with Gasteiger partial charge in [0.25, 0.3) is 0 Å². The van der Waals surface area contributed by atoms with Crippen LogP contribution in [0.3, 0.4) is 0 Å². The van der Waals surface area contributed by atoms with Crippen molar-refractivity contribution in [3.05, 3.63) is 0 Å². The summed E-state index contributed by atoms with van der Waals surface area (Å²) in [5.74, 6) is 1.08. The fraction of sp³-hybridized carbons (Fsp3) is 0.944. The zero-order valence-corrected chi connectivity index (χ0v) is 16.3. The van der Waals surface area contributed by atoms with Gasteiger partial charge in [0.1, 0.15) is 0 Å². The van der Waals surface area contributed by atoms with Crippen molar-refractivity contribution in [2.24, 2.45) is 11.3 Å². The summed E-state index contributed by atoms with van der Waals surface area (Å²) in [5, 5.41) is 3.52. The number of rotatable bonds is 2. The lowest BCUT2D eigenvalue weighted by molar-refractivity contribution is -0.147. The van der Waals surface area contributed by atoms with E-state index in [9.17, 15) is 4.79 Å². The van der Waals surface area contributed by atoms with Gasteiger partial charge in [-0.2, -0.15) is 0 Å². The third kappa shape index (κ3) is 3.58. The van der Waals surface area contributed by atoms with Gasteiger partial charge in [0, 0.05) is 38.8 Å². The first kappa shape index (κ1) is 20.3. The van der Waals surface area contributed by atoms with Crippen molar-refractivity contribution in [3.8, 4) is 0 Å². The Labute approximate surface area is 158 Å². The Bertz CT molecular complexity index is 422. The summed E-state index contributed by atoms with van der Waals surface area (Å²) in [6.45, 7) is 6.12. The Hall–Kier alpha value is -0.0300. The molecule has 4 rings (SSSR count). The molecule has 24 heavy (non-hydrogen) atoms. The minimum atomic E-state index is -0.0478. The number of nitrogens with zero attached hydrogens (tertiary/aromatic N) is 2. The topological polar surface area (TPSA) is 35.6 Å². The number of amides is 1. The van der Waals surface area contributed by atoms with E-state index in [0.29, 0.717) is 11.8 Å². The molecule has 2 heterocycles. The highest BCUT2D eigenvalue weighted by Gasteiger charge is 2.51. The lowest BCUT2D eigenvalue weighted by atomic mass is 9.67. The molecule has 6 heteroatoms. The second-order valence-electron chi connectivity index (χ2n) is 8.00. The van der Waals surface area contributed by atoms with Gasteiger partial charge in [-0.15, -0.1) is 24.8 Å². The minimum absolute atomic E-state index is 0. The van der Waals surface area contributed by atoms with E-state index >= 15 is 0 Å². The van der Waals surface area contributed by atoms with Gasteiger partial charge >= 0.3 is 0 Å². The monoisotopic (exact) mass is 377 g/mol. The first-order chi connectivity index (χ1) is 10.8. The zero-order chi connectivity index (χ0) is 15.0. The Kier molecular flexibility index (Phi) is 7.24. The maximum absolute atomic E-state index is 13.3. The SMILES string of the molecule is Cl.Cl.O=C(N1CCN(C2CCCC2)CC1)[C@@]12CCCC[C@H]1CNC2. The van der Waals surface area contributed by atoms with Crippen LogP contribution in [0.1, 0.15) is 51.4 Å². The average molecular weight is 378 g/mol. The smallest absolute Gasteiger partial charge is 0.230 e. The highest BCUT2D eigenvalue weighted by molar-refractivity contribution is 5.85. The van der Waals surface area contributed by atoms with Gasteiger partial charge in [-0.25, -0.2) is 0 Å². The van der Waals surface area contributed by atoms with Gasteiger partial charge in [-0.1, -0.05) is 25.7 Å².